The molecule has 31 heavy (non-hydrogen) atoms. The first-order valence-electron chi connectivity index (χ1n) is 10.1. The molecule has 4 bridgehead atoms. The van der Waals surface area contributed by atoms with E-state index in [9.17, 15) is 23.6 Å². The number of carbonyl (C=O) groups is 2. The van der Waals surface area contributed by atoms with Crippen molar-refractivity contribution in [1.82, 2.24) is 0 Å². The summed E-state index contributed by atoms with van der Waals surface area (Å²) in [6.45, 7) is 1.73. The molecule has 4 saturated carbocycles. The van der Waals surface area contributed by atoms with E-state index in [0.717, 1.165) is 37.7 Å². The van der Waals surface area contributed by atoms with Crippen LogP contribution in [-0.4, -0.2) is 29.4 Å². The third-order valence-corrected chi connectivity index (χ3v) is 7.14. The highest BCUT2D eigenvalue weighted by Crippen LogP contribution is 2.63. The van der Waals surface area contributed by atoms with Gasteiger partial charge in [0.15, 0.2) is 0 Å². The molecule has 0 radical (unpaired) electrons. The first kappa shape index (κ1) is 22.4. The molecule has 4 aliphatic rings. The molecule has 0 heterocycles. The molecule has 0 N–H and O–H groups in total. The van der Waals surface area contributed by atoms with Crippen molar-refractivity contribution in [1.29, 1.82) is 0 Å². The Morgan fingerprint density at radius 3 is 2.42 bits per heavy atom. The molecule has 0 saturated heterocycles. The Labute approximate surface area is 182 Å². The third kappa shape index (κ3) is 4.72. The minimum absolute atomic E-state index is 0.197. The summed E-state index contributed by atoms with van der Waals surface area (Å²) in [5, 5.41) is 8.57. The quantitative estimate of drug-likeness (QED) is 0.253. The lowest BCUT2D eigenvalue weighted by atomic mass is 9.48. The largest absolute Gasteiger partial charge is 0.691 e. The number of hydrogen-bond donors (Lipinski definition) is 0. The molecular formula is C21H23F2O7S-. The molecule has 0 aliphatic heterocycles. The van der Waals surface area contributed by atoms with Crippen LogP contribution in [0.5, 0.6) is 0 Å². The van der Waals surface area contributed by atoms with E-state index in [2.05, 4.69) is 9.37 Å². The number of carbonyl (C=O) groups excluding carboxylic acids is 2. The first-order valence-corrected chi connectivity index (χ1v) is 10.9. The Hall–Kier alpha value is -1.75. The second-order valence-corrected chi connectivity index (χ2v) is 10.0. The Morgan fingerprint density at radius 1 is 1.16 bits per heavy atom. The maximum Gasteiger partial charge on any atom is 0.415 e. The van der Waals surface area contributed by atoms with Crippen molar-refractivity contribution in [3.05, 3.63) is 35.4 Å². The summed E-state index contributed by atoms with van der Waals surface area (Å²) < 4.78 is 42.0. The molecule has 10 heteroatoms. The van der Waals surface area contributed by atoms with Crippen LogP contribution in [0.15, 0.2) is 24.3 Å². The zero-order valence-corrected chi connectivity index (χ0v) is 17.8. The van der Waals surface area contributed by atoms with Crippen molar-refractivity contribution in [3.8, 4) is 0 Å². The summed E-state index contributed by atoms with van der Waals surface area (Å²) in [7, 11) is 0. The lowest BCUT2D eigenvalue weighted by molar-refractivity contribution is -0.777. The highest BCUT2D eigenvalue weighted by atomic mass is 32.2. The summed E-state index contributed by atoms with van der Waals surface area (Å²) >= 11 is -0.702. The molecule has 4 aliphatic carbocycles. The van der Waals surface area contributed by atoms with Gasteiger partial charge in [0.1, 0.15) is 17.6 Å². The van der Waals surface area contributed by atoms with Gasteiger partial charge in [0.25, 0.3) is 0 Å². The molecular weight excluding hydrogens is 434 g/mol. The van der Waals surface area contributed by atoms with Gasteiger partial charge in [-0.1, -0.05) is 17.7 Å². The van der Waals surface area contributed by atoms with Gasteiger partial charge in [0.05, 0.1) is 12.2 Å². The number of benzene rings is 1. The Bertz CT molecular complexity index is 831. The number of aryl methyl sites for hydroxylation is 1. The monoisotopic (exact) mass is 457 g/mol. The van der Waals surface area contributed by atoms with Crippen LogP contribution in [-0.2, 0) is 23.6 Å². The number of ether oxygens (including phenoxy) is 2. The zero-order valence-electron chi connectivity index (χ0n) is 16.9. The van der Waals surface area contributed by atoms with E-state index in [4.69, 9.17) is 9.47 Å². The van der Waals surface area contributed by atoms with Crippen molar-refractivity contribution < 1.29 is 42.5 Å². The van der Waals surface area contributed by atoms with E-state index in [1.807, 2.05) is 19.1 Å². The van der Waals surface area contributed by atoms with Gasteiger partial charge in [-0.05, 0) is 69.4 Å². The standard InChI is InChI=1S/C21H24F2O7S/c1-13-2-4-16(5-3-13)17(24)28-20-9-14-6-15(10-20)8-19(7-14,11-20)12-27-18(25)21(22,23)31-30-29-26/h2-5,14-15,26H,6-12H2,1H3/p-1. The van der Waals surface area contributed by atoms with Gasteiger partial charge in [0, 0.05) is 5.41 Å². The summed E-state index contributed by atoms with van der Waals surface area (Å²) in [5.74, 6) is -1.61. The Morgan fingerprint density at radius 2 is 1.81 bits per heavy atom. The molecule has 1 aromatic rings. The van der Waals surface area contributed by atoms with Crippen molar-refractivity contribution in [2.24, 2.45) is 17.3 Å². The fourth-order valence-corrected chi connectivity index (χ4v) is 6.23. The lowest BCUT2D eigenvalue weighted by Crippen LogP contribution is -2.59. The predicted molar refractivity (Wildman–Crippen MR) is 102 cm³/mol. The summed E-state index contributed by atoms with van der Waals surface area (Å²) in [5.41, 5.74) is 0.326. The molecule has 4 fully saturated rings. The van der Waals surface area contributed by atoms with Crippen molar-refractivity contribution >= 4 is 24.0 Å². The number of hydrogen-bond acceptors (Lipinski definition) is 8. The van der Waals surface area contributed by atoms with E-state index in [-0.39, 0.29) is 18.4 Å². The van der Waals surface area contributed by atoms with Gasteiger partial charge in [0.2, 0.25) is 0 Å². The van der Waals surface area contributed by atoms with Crippen LogP contribution in [0.2, 0.25) is 0 Å². The maximum absolute atomic E-state index is 13.7. The number of rotatable bonds is 8. The summed E-state index contributed by atoms with van der Waals surface area (Å²) in [4.78, 5) is 24.6. The molecule has 2 atom stereocenters. The average Bonchev–Trinajstić information content (AvgIpc) is 2.69. The average molecular weight is 457 g/mol. The van der Waals surface area contributed by atoms with Crippen LogP contribution in [0, 0.1) is 24.2 Å². The van der Waals surface area contributed by atoms with Crippen LogP contribution in [0.3, 0.4) is 0 Å². The number of halogens is 2. The van der Waals surface area contributed by atoms with Crippen LogP contribution >= 0.6 is 12.0 Å². The fourth-order valence-electron chi connectivity index (χ4n) is 5.99. The summed E-state index contributed by atoms with van der Waals surface area (Å²) in [6, 6.07) is 7.14. The number of alkyl halides is 2. The molecule has 1 aromatic carbocycles. The molecule has 0 aromatic heterocycles. The molecule has 170 valence electrons. The minimum atomic E-state index is -4.07. The van der Waals surface area contributed by atoms with Gasteiger partial charge in [-0.2, -0.15) is 13.1 Å². The van der Waals surface area contributed by atoms with E-state index >= 15 is 0 Å². The van der Waals surface area contributed by atoms with E-state index in [1.54, 1.807) is 12.1 Å². The van der Waals surface area contributed by atoms with E-state index < -0.39 is 40.3 Å². The SMILES string of the molecule is Cc1ccc(C(=O)OC23CC4CC(CC(COC(=O)C(F)(F)SOO[O-])(C4)C2)C3)cc1. The topological polar surface area (TPSA) is 94.1 Å². The van der Waals surface area contributed by atoms with E-state index in [0.29, 0.717) is 12.0 Å². The van der Waals surface area contributed by atoms with Crippen LogP contribution in [0.25, 0.3) is 0 Å². The Balaban J connectivity index is 1.45. The second kappa shape index (κ2) is 8.31. The van der Waals surface area contributed by atoms with Crippen LogP contribution < -0.4 is 5.26 Å². The highest BCUT2D eigenvalue weighted by Gasteiger charge is 2.60. The van der Waals surface area contributed by atoms with Crippen LogP contribution in [0.1, 0.15) is 54.4 Å². The van der Waals surface area contributed by atoms with Crippen molar-refractivity contribution in [2.45, 2.75) is 56.3 Å². The summed E-state index contributed by atoms with van der Waals surface area (Å²) in [6.07, 6.45) is 4.41. The van der Waals surface area contributed by atoms with Gasteiger partial charge >= 0.3 is 17.2 Å². The smallest absolute Gasteiger partial charge is 0.415 e. The van der Waals surface area contributed by atoms with Gasteiger partial charge < -0.3 is 14.7 Å². The maximum atomic E-state index is 13.7. The molecule has 2 unspecified atom stereocenters. The molecule has 5 rings (SSSR count). The van der Waals surface area contributed by atoms with Crippen LogP contribution in [0.4, 0.5) is 8.78 Å². The van der Waals surface area contributed by atoms with Gasteiger partial charge in [-0.15, -0.1) is 0 Å². The van der Waals surface area contributed by atoms with E-state index in [1.165, 1.54) is 0 Å². The zero-order chi connectivity index (χ0) is 22.3. The third-order valence-electron chi connectivity index (χ3n) is 6.64. The molecule has 0 spiro atoms. The second-order valence-electron chi connectivity index (χ2n) is 9.21. The Kier molecular flexibility index (Phi) is 6.01. The molecule has 0 amide bonds. The normalized spacial score (nSPS) is 31.5. The van der Waals surface area contributed by atoms with Gasteiger partial charge in [-0.25, -0.2) is 9.59 Å². The lowest BCUT2D eigenvalue weighted by Gasteiger charge is -2.60. The fraction of sp³-hybridized carbons (Fsp3) is 0.619. The molecule has 7 nitrogen and oxygen atoms in total. The minimum Gasteiger partial charge on any atom is -0.691 e. The van der Waals surface area contributed by atoms with Gasteiger partial charge in [-0.3, -0.25) is 5.04 Å². The van der Waals surface area contributed by atoms with Crippen molar-refractivity contribution in [2.75, 3.05) is 6.61 Å². The highest BCUT2D eigenvalue weighted by molar-refractivity contribution is 7.96. The predicted octanol–water partition coefficient (Wildman–Crippen LogP) is 3.50. The number of esters is 2. The first-order chi connectivity index (χ1) is 14.6. The van der Waals surface area contributed by atoms with Crippen molar-refractivity contribution in [3.63, 3.8) is 0 Å².